The number of hydrogen-bond acceptors (Lipinski definition) is 4. The van der Waals surface area contributed by atoms with Crippen molar-refractivity contribution in [2.45, 2.75) is 38.3 Å². The number of fused-ring (bicyclic) bond motifs is 1. The Morgan fingerprint density at radius 1 is 1.48 bits per heavy atom. The second kappa shape index (κ2) is 5.15. The van der Waals surface area contributed by atoms with Crippen molar-refractivity contribution in [2.75, 3.05) is 17.7 Å². The molecule has 0 aliphatic carbocycles. The van der Waals surface area contributed by atoms with Crippen molar-refractivity contribution in [2.24, 2.45) is 0 Å². The second-order valence-electron chi connectivity index (χ2n) is 6.16. The highest BCUT2D eigenvalue weighted by Gasteiger charge is 2.29. The van der Waals surface area contributed by atoms with Crippen molar-refractivity contribution in [3.05, 3.63) is 30.2 Å². The molecule has 21 heavy (non-hydrogen) atoms. The number of nitrogens with two attached hydrogens (primary N) is 1. The maximum atomic E-state index is 14.3. The lowest BCUT2D eigenvalue weighted by atomic mass is 9.93. The molecule has 0 saturated carbocycles. The Kier molecular flexibility index (Phi) is 3.45. The number of nitrogen functional groups attached to an aromatic ring is 1. The summed E-state index contributed by atoms with van der Waals surface area (Å²) in [6.45, 7) is 4.78. The molecular weight excluding hydrogens is 269 g/mol. The first-order valence-electron chi connectivity index (χ1n) is 7.19. The van der Waals surface area contributed by atoms with E-state index in [1.807, 2.05) is 6.07 Å². The topological polar surface area (TPSA) is 60.2 Å². The van der Waals surface area contributed by atoms with Crippen LogP contribution in [0.2, 0.25) is 0 Å². The van der Waals surface area contributed by atoms with E-state index in [9.17, 15) is 4.39 Å². The van der Waals surface area contributed by atoms with E-state index in [-0.39, 0.29) is 17.5 Å². The van der Waals surface area contributed by atoms with Gasteiger partial charge in [-0.25, -0.2) is 4.39 Å². The molecule has 1 aliphatic heterocycles. The zero-order valence-corrected chi connectivity index (χ0v) is 12.3. The largest absolute Gasteiger partial charge is 0.398 e. The van der Waals surface area contributed by atoms with E-state index in [0.29, 0.717) is 23.5 Å². The highest BCUT2D eigenvalue weighted by molar-refractivity contribution is 5.98. The number of ether oxygens (including phenoxy) is 1. The first-order valence-corrected chi connectivity index (χ1v) is 7.19. The van der Waals surface area contributed by atoms with Gasteiger partial charge in [-0.2, -0.15) is 0 Å². The van der Waals surface area contributed by atoms with Crippen LogP contribution >= 0.6 is 0 Å². The van der Waals surface area contributed by atoms with E-state index in [0.717, 1.165) is 18.2 Å². The summed E-state index contributed by atoms with van der Waals surface area (Å²) in [6.07, 6.45) is 3.33. The minimum Gasteiger partial charge on any atom is -0.398 e. The number of nitrogens with zero attached hydrogens (tertiary/aromatic N) is 1. The summed E-state index contributed by atoms with van der Waals surface area (Å²) in [6, 6.07) is 5.18. The Bertz CT molecular complexity index is 672. The van der Waals surface area contributed by atoms with Crippen LogP contribution in [0.1, 0.15) is 26.7 Å². The lowest BCUT2D eigenvalue weighted by Gasteiger charge is -2.36. The molecule has 2 aromatic rings. The van der Waals surface area contributed by atoms with Crippen LogP contribution in [0.3, 0.4) is 0 Å². The molecule has 1 aromatic carbocycles. The van der Waals surface area contributed by atoms with Gasteiger partial charge in [-0.05, 0) is 44.9 Å². The summed E-state index contributed by atoms with van der Waals surface area (Å²) < 4.78 is 20.0. The van der Waals surface area contributed by atoms with Gasteiger partial charge in [0.25, 0.3) is 0 Å². The fraction of sp³-hybridized carbons (Fsp3) is 0.438. The summed E-state index contributed by atoms with van der Waals surface area (Å²) in [5.41, 5.74) is 7.11. The quantitative estimate of drug-likeness (QED) is 0.833. The molecule has 4 nitrogen and oxygen atoms in total. The molecule has 0 bridgehead atoms. The van der Waals surface area contributed by atoms with Crippen LogP contribution in [-0.4, -0.2) is 23.2 Å². The maximum Gasteiger partial charge on any atom is 0.150 e. The smallest absolute Gasteiger partial charge is 0.150 e. The fourth-order valence-corrected chi connectivity index (χ4v) is 2.93. The summed E-state index contributed by atoms with van der Waals surface area (Å²) in [4.78, 5) is 4.29. The Labute approximate surface area is 123 Å². The van der Waals surface area contributed by atoms with E-state index in [2.05, 4.69) is 24.1 Å². The number of benzene rings is 1. The average molecular weight is 289 g/mol. The third-order valence-electron chi connectivity index (χ3n) is 3.92. The zero-order valence-electron chi connectivity index (χ0n) is 12.3. The van der Waals surface area contributed by atoms with Crippen molar-refractivity contribution >= 4 is 22.3 Å². The van der Waals surface area contributed by atoms with Crippen molar-refractivity contribution in [3.63, 3.8) is 0 Å². The van der Waals surface area contributed by atoms with E-state index < -0.39 is 0 Å². The van der Waals surface area contributed by atoms with Crippen LogP contribution in [0, 0.1) is 5.82 Å². The highest BCUT2D eigenvalue weighted by Crippen LogP contribution is 2.33. The van der Waals surface area contributed by atoms with Crippen LogP contribution < -0.4 is 11.1 Å². The average Bonchev–Trinajstić information content (AvgIpc) is 2.42. The predicted molar refractivity (Wildman–Crippen MR) is 82.8 cm³/mol. The summed E-state index contributed by atoms with van der Waals surface area (Å²) in [7, 11) is 0. The Morgan fingerprint density at radius 2 is 2.29 bits per heavy atom. The number of hydrogen-bond donors (Lipinski definition) is 2. The van der Waals surface area contributed by atoms with Crippen molar-refractivity contribution in [1.29, 1.82) is 0 Å². The number of pyridine rings is 1. The van der Waals surface area contributed by atoms with Gasteiger partial charge in [0, 0.05) is 29.9 Å². The highest BCUT2D eigenvalue weighted by atomic mass is 19.1. The van der Waals surface area contributed by atoms with Gasteiger partial charge in [0.1, 0.15) is 0 Å². The Hall–Kier alpha value is -1.88. The molecule has 0 radical (unpaired) electrons. The van der Waals surface area contributed by atoms with Crippen molar-refractivity contribution in [3.8, 4) is 0 Å². The monoisotopic (exact) mass is 289 g/mol. The molecule has 5 heteroatoms. The van der Waals surface area contributed by atoms with Gasteiger partial charge in [0.05, 0.1) is 16.8 Å². The maximum absolute atomic E-state index is 14.3. The lowest BCUT2D eigenvalue weighted by Crippen LogP contribution is -2.40. The predicted octanol–water partition coefficient (Wildman–Crippen LogP) is 3.33. The van der Waals surface area contributed by atoms with E-state index >= 15 is 0 Å². The zero-order chi connectivity index (χ0) is 15.0. The fourth-order valence-electron chi connectivity index (χ4n) is 2.93. The molecule has 1 atom stereocenters. The van der Waals surface area contributed by atoms with Gasteiger partial charge in [-0.3, -0.25) is 4.98 Å². The van der Waals surface area contributed by atoms with Gasteiger partial charge >= 0.3 is 0 Å². The third-order valence-corrected chi connectivity index (χ3v) is 3.92. The minimum atomic E-state index is -0.358. The summed E-state index contributed by atoms with van der Waals surface area (Å²) >= 11 is 0. The normalized spacial score (nSPS) is 21.4. The second-order valence-corrected chi connectivity index (χ2v) is 6.16. The Morgan fingerprint density at radius 3 is 3.05 bits per heavy atom. The lowest BCUT2D eigenvalue weighted by molar-refractivity contribution is -0.0553. The van der Waals surface area contributed by atoms with Gasteiger partial charge in [-0.1, -0.05) is 0 Å². The van der Waals surface area contributed by atoms with Crippen LogP contribution in [0.5, 0.6) is 0 Å². The molecule has 0 amide bonds. The van der Waals surface area contributed by atoms with E-state index in [4.69, 9.17) is 10.5 Å². The first kappa shape index (κ1) is 14.1. The SMILES string of the molecule is CC1(C)CC(Nc2c(F)cc(N)c3cccnc23)CCO1. The number of halogens is 1. The van der Waals surface area contributed by atoms with E-state index in [1.165, 1.54) is 6.07 Å². The molecule has 2 heterocycles. The molecule has 1 aromatic heterocycles. The van der Waals surface area contributed by atoms with Gasteiger partial charge in [-0.15, -0.1) is 0 Å². The first-order chi connectivity index (χ1) is 9.96. The number of rotatable bonds is 2. The number of aromatic nitrogens is 1. The minimum absolute atomic E-state index is 0.164. The number of nitrogens with one attached hydrogen (secondary N) is 1. The molecule has 0 spiro atoms. The summed E-state index contributed by atoms with van der Waals surface area (Å²) in [5.74, 6) is -0.358. The molecule has 1 fully saturated rings. The van der Waals surface area contributed by atoms with Crippen molar-refractivity contribution < 1.29 is 9.13 Å². The van der Waals surface area contributed by atoms with Crippen LogP contribution in [0.15, 0.2) is 24.4 Å². The molecule has 3 N–H and O–H groups in total. The van der Waals surface area contributed by atoms with Crippen LogP contribution in [0.25, 0.3) is 10.9 Å². The standard InChI is InChI=1S/C16H20FN3O/c1-16(2)9-10(5-7-21-16)20-15-12(17)8-13(18)11-4-3-6-19-14(11)15/h3-4,6,8,10,20H,5,7,9,18H2,1-2H3. The molecule has 112 valence electrons. The van der Waals surface area contributed by atoms with Crippen LogP contribution in [0.4, 0.5) is 15.8 Å². The van der Waals surface area contributed by atoms with E-state index in [1.54, 1.807) is 12.3 Å². The number of anilines is 2. The molecular formula is C16H20FN3O. The van der Waals surface area contributed by atoms with Gasteiger partial charge < -0.3 is 15.8 Å². The Balaban J connectivity index is 1.97. The van der Waals surface area contributed by atoms with Crippen LogP contribution in [-0.2, 0) is 4.74 Å². The molecule has 3 rings (SSSR count). The summed E-state index contributed by atoms with van der Waals surface area (Å²) in [5, 5.41) is 4.07. The third kappa shape index (κ3) is 2.78. The van der Waals surface area contributed by atoms with Gasteiger partial charge in [0.15, 0.2) is 5.82 Å². The molecule has 1 saturated heterocycles. The molecule has 1 unspecified atom stereocenters. The van der Waals surface area contributed by atoms with Crippen molar-refractivity contribution in [1.82, 2.24) is 4.98 Å². The van der Waals surface area contributed by atoms with Gasteiger partial charge in [0.2, 0.25) is 0 Å². The molecule has 1 aliphatic rings.